The fourth-order valence-electron chi connectivity index (χ4n) is 2.26. The Labute approximate surface area is 130 Å². The van der Waals surface area contributed by atoms with E-state index in [-0.39, 0.29) is 0 Å². The second-order valence-corrected chi connectivity index (χ2v) is 5.70. The molecule has 0 aliphatic carbocycles. The summed E-state index contributed by atoms with van der Waals surface area (Å²) in [6, 6.07) is 8.24. The molecule has 0 aliphatic rings. The van der Waals surface area contributed by atoms with Gasteiger partial charge in [-0.3, -0.25) is 4.99 Å². The summed E-state index contributed by atoms with van der Waals surface area (Å²) < 4.78 is 2.23. The Hall–Kier alpha value is -1.69. The fraction of sp³-hybridized carbons (Fsp3) is 0.467. The number of guanidine groups is 1. The van der Waals surface area contributed by atoms with E-state index in [1.165, 1.54) is 5.52 Å². The predicted molar refractivity (Wildman–Crippen MR) is 92.2 cm³/mol. The van der Waals surface area contributed by atoms with E-state index >= 15 is 0 Å². The minimum Gasteiger partial charge on any atom is -0.356 e. The average molecular weight is 305 g/mol. The smallest absolute Gasteiger partial charge is 0.191 e. The molecule has 1 heterocycles. The molecule has 0 saturated carbocycles. The molecular weight excluding hydrogens is 282 g/mol. The number of para-hydroxylation sites is 2. The molecule has 1 aromatic heterocycles. The van der Waals surface area contributed by atoms with Crippen molar-refractivity contribution in [1.29, 1.82) is 0 Å². The largest absolute Gasteiger partial charge is 0.356 e. The van der Waals surface area contributed by atoms with Crippen molar-refractivity contribution in [2.24, 2.45) is 4.99 Å². The summed E-state index contributed by atoms with van der Waals surface area (Å²) >= 11 is 1.82. The van der Waals surface area contributed by atoms with Gasteiger partial charge in [-0.1, -0.05) is 12.1 Å². The SMILES string of the molecule is CN=C(NCCSC)NCCn1c(C)nc2ccccc21. The summed E-state index contributed by atoms with van der Waals surface area (Å²) in [5.41, 5.74) is 2.24. The first-order valence-electron chi connectivity index (χ1n) is 7.11. The lowest BCUT2D eigenvalue weighted by molar-refractivity contribution is 0.662. The number of aromatic nitrogens is 2. The van der Waals surface area contributed by atoms with Crippen LogP contribution in [0.3, 0.4) is 0 Å². The fourth-order valence-corrected chi connectivity index (χ4v) is 2.56. The Balaban J connectivity index is 1.91. The van der Waals surface area contributed by atoms with Gasteiger partial charge in [-0.15, -0.1) is 0 Å². The summed E-state index contributed by atoms with van der Waals surface area (Å²) in [6.07, 6.45) is 2.10. The summed E-state index contributed by atoms with van der Waals surface area (Å²) in [5, 5.41) is 6.63. The molecule has 6 heteroatoms. The highest BCUT2D eigenvalue weighted by Gasteiger charge is 2.06. The maximum atomic E-state index is 4.58. The standard InChI is InChI=1S/C15H23N5S/c1-12-19-13-6-4-5-7-14(13)20(12)10-8-17-15(16-2)18-9-11-21-3/h4-7H,8-11H2,1-3H3,(H2,16,17,18). The monoisotopic (exact) mass is 305 g/mol. The third-order valence-electron chi connectivity index (χ3n) is 3.30. The van der Waals surface area contributed by atoms with E-state index in [0.29, 0.717) is 0 Å². The number of hydrogen-bond acceptors (Lipinski definition) is 3. The molecule has 0 fully saturated rings. The number of benzene rings is 1. The van der Waals surface area contributed by atoms with Gasteiger partial charge in [0.1, 0.15) is 5.82 Å². The van der Waals surface area contributed by atoms with Gasteiger partial charge in [0, 0.05) is 32.4 Å². The summed E-state index contributed by atoms with van der Waals surface area (Å²) in [4.78, 5) is 8.80. The van der Waals surface area contributed by atoms with Gasteiger partial charge in [-0.05, 0) is 25.3 Å². The first-order valence-corrected chi connectivity index (χ1v) is 8.51. The van der Waals surface area contributed by atoms with E-state index in [0.717, 1.165) is 42.7 Å². The Morgan fingerprint density at radius 2 is 2.05 bits per heavy atom. The molecule has 0 aliphatic heterocycles. The van der Waals surface area contributed by atoms with Crippen LogP contribution in [0.5, 0.6) is 0 Å². The lowest BCUT2D eigenvalue weighted by atomic mass is 10.3. The maximum Gasteiger partial charge on any atom is 0.191 e. The second kappa shape index (κ2) is 7.93. The van der Waals surface area contributed by atoms with Crippen molar-refractivity contribution in [2.45, 2.75) is 13.5 Å². The molecule has 21 heavy (non-hydrogen) atoms. The highest BCUT2D eigenvalue weighted by molar-refractivity contribution is 7.98. The number of thioether (sulfide) groups is 1. The highest BCUT2D eigenvalue weighted by Crippen LogP contribution is 2.14. The normalized spacial score (nSPS) is 11.9. The Morgan fingerprint density at radius 1 is 1.29 bits per heavy atom. The first-order chi connectivity index (χ1) is 10.3. The van der Waals surface area contributed by atoms with Crippen LogP contribution in [0.15, 0.2) is 29.3 Å². The van der Waals surface area contributed by atoms with Crippen LogP contribution in [0.25, 0.3) is 11.0 Å². The average Bonchev–Trinajstić information content (AvgIpc) is 2.82. The van der Waals surface area contributed by atoms with Crippen LogP contribution < -0.4 is 10.6 Å². The van der Waals surface area contributed by atoms with Gasteiger partial charge in [-0.2, -0.15) is 11.8 Å². The number of rotatable bonds is 6. The predicted octanol–water partition coefficient (Wildman–Crippen LogP) is 1.87. The summed E-state index contributed by atoms with van der Waals surface area (Å²) in [5.74, 6) is 2.97. The summed E-state index contributed by atoms with van der Waals surface area (Å²) in [6.45, 7) is 4.66. The molecule has 0 atom stereocenters. The number of aliphatic imine (C=N–C) groups is 1. The molecule has 2 aromatic rings. The van der Waals surface area contributed by atoms with E-state index in [1.54, 1.807) is 7.05 Å². The van der Waals surface area contributed by atoms with Crippen LogP contribution in [0.2, 0.25) is 0 Å². The molecule has 2 N–H and O–H groups in total. The zero-order valence-electron chi connectivity index (χ0n) is 12.9. The minimum atomic E-state index is 0.820. The Bertz CT molecular complexity index is 605. The van der Waals surface area contributed by atoms with E-state index in [9.17, 15) is 0 Å². The van der Waals surface area contributed by atoms with Crippen molar-refractivity contribution in [2.75, 3.05) is 32.1 Å². The van der Waals surface area contributed by atoms with Crippen molar-refractivity contribution < 1.29 is 0 Å². The zero-order chi connectivity index (χ0) is 15.1. The minimum absolute atomic E-state index is 0.820. The van der Waals surface area contributed by atoms with E-state index in [4.69, 9.17) is 0 Å². The van der Waals surface area contributed by atoms with Crippen molar-refractivity contribution in [3.8, 4) is 0 Å². The maximum absolute atomic E-state index is 4.58. The lowest BCUT2D eigenvalue weighted by Crippen LogP contribution is -2.39. The lowest BCUT2D eigenvalue weighted by Gasteiger charge is -2.12. The van der Waals surface area contributed by atoms with Gasteiger partial charge >= 0.3 is 0 Å². The summed E-state index contributed by atoms with van der Waals surface area (Å²) in [7, 11) is 1.80. The number of nitrogens with zero attached hydrogens (tertiary/aromatic N) is 3. The number of fused-ring (bicyclic) bond motifs is 1. The third-order valence-corrected chi connectivity index (χ3v) is 3.91. The molecule has 0 bridgehead atoms. The van der Waals surface area contributed by atoms with Crippen molar-refractivity contribution in [3.05, 3.63) is 30.1 Å². The van der Waals surface area contributed by atoms with E-state index in [1.807, 2.05) is 24.8 Å². The highest BCUT2D eigenvalue weighted by atomic mass is 32.2. The van der Waals surface area contributed by atoms with Crippen LogP contribution in [0.1, 0.15) is 5.82 Å². The number of hydrogen-bond donors (Lipinski definition) is 2. The molecule has 0 spiro atoms. The van der Waals surface area contributed by atoms with Crippen LogP contribution in [-0.4, -0.2) is 47.7 Å². The molecule has 114 valence electrons. The van der Waals surface area contributed by atoms with Crippen LogP contribution >= 0.6 is 11.8 Å². The molecule has 0 radical (unpaired) electrons. The third kappa shape index (κ3) is 4.14. The molecular formula is C15H23N5S. The van der Waals surface area contributed by atoms with Gasteiger partial charge in [0.25, 0.3) is 0 Å². The number of aryl methyl sites for hydroxylation is 1. The topological polar surface area (TPSA) is 54.2 Å². The number of nitrogens with one attached hydrogen (secondary N) is 2. The molecule has 5 nitrogen and oxygen atoms in total. The number of imidazole rings is 1. The molecule has 2 rings (SSSR count). The van der Waals surface area contributed by atoms with Gasteiger partial charge in [0.15, 0.2) is 5.96 Å². The van der Waals surface area contributed by atoms with Gasteiger partial charge in [-0.25, -0.2) is 4.98 Å². The molecule has 0 amide bonds. The van der Waals surface area contributed by atoms with Gasteiger partial charge in [0.2, 0.25) is 0 Å². The van der Waals surface area contributed by atoms with Gasteiger partial charge < -0.3 is 15.2 Å². The molecule has 1 aromatic carbocycles. The van der Waals surface area contributed by atoms with Crippen molar-refractivity contribution in [3.63, 3.8) is 0 Å². The quantitative estimate of drug-likeness (QED) is 0.486. The zero-order valence-corrected chi connectivity index (χ0v) is 13.7. The second-order valence-electron chi connectivity index (χ2n) is 4.72. The van der Waals surface area contributed by atoms with Crippen LogP contribution in [-0.2, 0) is 6.54 Å². The van der Waals surface area contributed by atoms with E-state index in [2.05, 4.69) is 49.6 Å². The van der Waals surface area contributed by atoms with Crippen molar-refractivity contribution >= 4 is 28.8 Å². The van der Waals surface area contributed by atoms with Crippen LogP contribution in [0, 0.1) is 6.92 Å². The van der Waals surface area contributed by atoms with Crippen LogP contribution in [0.4, 0.5) is 0 Å². The Kier molecular flexibility index (Phi) is 5.92. The Morgan fingerprint density at radius 3 is 2.81 bits per heavy atom. The van der Waals surface area contributed by atoms with Crippen molar-refractivity contribution in [1.82, 2.24) is 20.2 Å². The molecule has 0 saturated heterocycles. The van der Waals surface area contributed by atoms with Gasteiger partial charge in [0.05, 0.1) is 11.0 Å². The molecule has 0 unspecified atom stereocenters. The first kappa shape index (κ1) is 15.7. The van der Waals surface area contributed by atoms with E-state index < -0.39 is 0 Å².